The zero-order valence-electron chi connectivity index (χ0n) is 14.0. The van der Waals surface area contributed by atoms with Crippen molar-refractivity contribution < 1.29 is 23.1 Å². The van der Waals surface area contributed by atoms with Crippen LogP contribution in [-0.2, 0) is 21.2 Å². The van der Waals surface area contributed by atoms with E-state index in [1.54, 1.807) is 23.7 Å². The zero-order chi connectivity index (χ0) is 19.9. The molecule has 10 heteroatoms. The van der Waals surface area contributed by atoms with E-state index in [1.807, 2.05) is 12.1 Å². The molecule has 1 heterocycles. The molecule has 0 aliphatic heterocycles. The van der Waals surface area contributed by atoms with Gasteiger partial charge in [-0.3, -0.25) is 9.59 Å². The van der Waals surface area contributed by atoms with Crippen LogP contribution in [0.3, 0.4) is 0 Å². The quantitative estimate of drug-likeness (QED) is 0.549. The summed E-state index contributed by atoms with van der Waals surface area (Å²) in [5, 5.41) is 14.8. The van der Waals surface area contributed by atoms with Crippen LogP contribution in [-0.4, -0.2) is 37.4 Å². The molecule has 3 aromatic rings. The normalized spacial score (nSPS) is 10.7. The lowest BCUT2D eigenvalue weighted by Gasteiger charge is -2.07. The van der Waals surface area contributed by atoms with Crippen LogP contribution >= 0.6 is 11.3 Å². The maximum atomic E-state index is 12.3. The molecule has 0 spiro atoms. The number of hydrogen-bond acceptors (Lipinski definition) is 6. The lowest BCUT2D eigenvalue weighted by Crippen LogP contribution is -2.25. The van der Waals surface area contributed by atoms with Gasteiger partial charge in [0.05, 0.1) is 26.2 Å². The number of nitrogens with zero attached hydrogens (tertiary/aromatic N) is 1. The Balaban J connectivity index is 0.000000817. The van der Waals surface area contributed by atoms with E-state index in [4.69, 9.17) is 15.0 Å². The highest BCUT2D eigenvalue weighted by molar-refractivity contribution is 7.89. The first-order valence-electron chi connectivity index (χ1n) is 7.67. The van der Waals surface area contributed by atoms with Crippen molar-refractivity contribution >= 4 is 44.0 Å². The van der Waals surface area contributed by atoms with E-state index in [-0.39, 0.29) is 17.3 Å². The maximum absolute atomic E-state index is 12.3. The third-order valence-electron chi connectivity index (χ3n) is 3.55. The zero-order valence-corrected chi connectivity index (χ0v) is 15.7. The number of benzene rings is 2. The Morgan fingerprint density at radius 3 is 2.52 bits per heavy atom. The molecule has 0 saturated heterocycles. The van der Waals surface area contributed by atoms with Crippen LogP contribution in [0.4, 0.5) is 0 Å². The smallest absolute Gasteiger partial charge is 0.290 e. The first-order chi connectivity index (χ1) is 12.9. The largest absolute Gasteiger partial charge is 0.483 e. The van der Waals surface area contributed by atoms with Crippen LogP contribution in [0.15, 0.2) is 52.9 Å². The van der Waals surface area contributed by atoms with Gasteiger partial charge in [-0.15, -0.1) is 11.3 Å². The van der Waals surface area contributed by atoms with Gasteiger partial charge in [0.25, 0.3) is 12.4 Å². The van der Waals surface area contributed by atoms with Gasteiger partial charge in [0.1, 0.15) is 0 Å². The highest BCUT2D eigenvalue weighted by Crippen LogP contribution is 2.22. The Morgan fingerprint density at radius 2 is 1.89 bits per heavy atom. The number of aromatic nitrogens is 1. The van der Waals surface area contributed by atoms with Crippen molar-refractivity contribution in [3.63, 3.8) is 0 Å². The number of nitrogens with two attached hydrogens (primary N) is 1. The van der Waals surface area contributed by atoms with Crippen molar-refractivity contribution in [1.29, 1.82) is 0 Å². The molecule has 0 fully saturated rings. The Hall–Kier alpha value is -2.82. The number of carbonyl (C=O) groups is 2. The molecule has 0 atom stereocenters. The molecule has 3 rings (SSSR count). The molecule has 4 N–H and O–H groups in total. The molecule has 27 heavy (non-hydrogen) atoms. The molecule has 0 aliphatic carbocycles. The third-order valence-corrected chi connectivity index (χ3v) is 5.36. The summed E-state index contributed by atoms with van der Waals surface area (Å²) in [6.07, 6.45) is 0.593. The van der Waals surface area contributed by atoms with Gasteiger partial charge in [0.15, 0.2) is 0 Å². The van der Waals surface area contributed by atoms with Crippen molar-refractivity contribution in [1.82, 2.24) is 10.3 Å². The number of fused-ring (bicyclic) bond motifs is 1. The van der Waals surface area contributed by atoms with E-state index < -0.39 is 10.0 Å². The molecule has 0 saturated carbocycles. The summed E-state index contributed by atoms with van der Waals surface area (Å²) < 4.78 is 23.3. The Bertz CT molecular complexity index is 1030. The van der Waals surface area contributed by atoms with Crippen LogP contribution in [0.2, 0.25) is 0 Å². The lowest BCUT2D eigenvalue weighted by atomic mass is 10.1. The van der Waals surface area contributed by atoms with E-state index in [2.05, 4.69) is 10.3 Å². The second-order valence-electron chi connectivity index (χ2n) is 5.31. The maximum Gasteiger partial charge on any atom is 0.290 e. The Kier molecular flexibility index (Phi) is 6.99. The fourth-order valence-electron chi connectivity index (χ4n) is 2.33. The van der Waals surface area contributed by atoms with Gasteiger partial charge in [-0.25, -0.2) is 18.5 Å². The average molecular weight is 407 g/mol. The summed E-state index contributed by atoms with van der Waals surface area (Å²) in [6, 6.07) is 11.8. The number of nitrogens with one attached hydrogen (secondary N) is 1. The molecule has 1 aromatic heterocycles. The summed E-state index contributed by atoms with van der Waals surface area (Å²) in [7, 11) is -3.68. The first kappa shape index (κ1) is 20.5. The minimum atomic E-state index is -3.68. The number of carbonyl (C=O) groups excluding carboxylic acids is 1. The van der Waals surface area contributed by atoms with Crippen LogP contribution in [0, 0.1) is 0 Å². The standard InChI is InChI=1S/C16H15N3O3S2.CH2O2/c17-24(21,22)12-6-4-11(5-7-12)8-9-18-16(20)13-2-1-3-14-15(13)23-10-19-14;2-1-3/h1-7,10H,8-9H2,(H,18,20)(H2,17,21,22);1H,(H,2,3). The number of rotatable bonds is 5. The minimum Gasteiger partial charge on any atom is -0.483 e. The number of hydrogen-bond donors (Lipinski definition) is 3. The van der Waals surface area contributed by atoms with Crippen LogP contribution < -0.4 is 10.5 Å². The molecule has 0 bridgehead atoms. The number of primary sulfonamides is 1. The molecular weight excluding hydrogens is 390 g/mol. The average Bonchev–Trinajstić information content (AvgIpc) is 3.10. The van der Waals surface area contributed by atoms with E-state index in [0.29, 0.717) is 18.5 Å². The molecule has 0 aliphatic rings. The van der Waals surface area contributed by atoms with Gasteiger partial charge in [-0.2, -0.15) is 0 Å². The summed E-state index contributed by atoms with van der Waals surface area (Å²) in [5.74, 6) is -0.147. The molecular formula is C17H17N3O5S2. The fraction of sp³-hybridized carbons (Fsp3) is 0.118. The predicted molar refractivity (Wildman–Crippen MR) is 102 cm³/mol. The van der Waals surface area contributed by atoms with Gasteiger partial charge in [0, 0.05) is 6.54 Å². The Labute approximate surface area is 159 Å². The van der Waals surface area contributed by atoms with Gasteiger partial charge in [-0.05, 0) is 36.2 Å². The minimum absolute atomic E-state index is 0.0761. The summed E-state index contributed by atoms with van der Waals surface area (Å²) in [5.41, 5.74) is 4.05. The van der Waals surface area contributed by atoms with Gasteiger partial charge in [0.2, 0.25) is 10.0 Å². The van der Waals surface area contributed by atoms with E-state index >= 15 is 0 Å². The van der Waals surface area contributed by atoms with Crippen LogP contribution in [0.25, 0.3) is 10.2 Å². The van der Waals surface area contributed by atoms with Gasteiger partial charge >= 0.3 is 0 Å². The highest BCUT2D eigenvalue weighted by atomic mass is 32.2. The summed E-state index contributed by atoms with van der Waals surface area (Å²) >= 11 is 1.44. The van der Waals surface area contributed by atoms with Crippen LogP contribution in [0.1, 0.15) is 15.9 Å². The number of sulfonamides is 1. The van der Waals surface area contributed by atoms with E-state index in [1.165, 1.54) is 23.5 Å². The van der Waals surface area contributed by atoms with E-state index in [0.717, 1.165) is 15.8 Å². The van der Waals surface area contributed by atoms with E-state index in [9.17, 15) is 13.2 Å². The van der Waals surface area contributed by atoms with Crippen molar-refractivity contribution in [3.8, 4) is 0 Å². The third kappa shape index (κ3) is 5.58. The second-order valence-corrected chi connectivity index (χ2v) is 7.72. The van der Waals surface area contributed by atoms with Crippen molar-refractivity contribution in [3.05, 3.63) is 59.1 Å². The van der Waals surface area contributed by atoms with Gasteiger partial charge < -0.3 is 10.4 Å². The number of carboxylic acid groups (broad SMARTS) is 1. The molecule has 1 amide bonds. The van der Waals surface area contributed by atoms with Crippen molar-refractivity contribution in [2.24, 2.45) is 5.14 Å². The van der Waals surface area contributed by atoms with Crippen molar-refractivity contribution in [2.45, 2.75) is 11.3 Å². The van der Waals surface area contributed by atoms with Crippen LogP contribution in [0.5, 0.6) is 0 Å². The summed E-state index contributed by atoms with van der Waals surface area (Å²) in [6.45, 7) is 0.197. The predicted octanol–water partition coefficient (Wildman–Crippen LogP) is 1.62. The second kappa shape index (κ2) is 9.21. The highest BCUT2D eigenvalue weighted by Gasteiger charge is 2.11. The molecule has 2 aromatic carbocycles. The first-order valence-corrected chi connectivity index (χ1v) is 10.1. The Morgan fingerprint density at radius 1 is 1.22 bits per heavy atom. The number of amides is 1. The summed E-state index contributed by atoms with van der Waals surface area (Å²) in [4.78, 5) is 24.9. The fourth-order valence-corrected chi connectivity index (χ4v) is 3.64. The molecule has 8 nitrogen and oxygen atoms in total. The topological polar surface area (TPSA) is 139 Å². The monoisotopic (exact) mass is 407 g/mol. The van der Waals surface area contributed by atoms with Gasteiger partial charge in [-0.1, -0.05) is 18.2 Å². The molecule has 0 unspecified atom stereocenters. The lowest BCUT2D eigenvalue weighted by molar-refractivity contribution is -0.122. The van der Waals surface area contributed by atoms with Crippen molar-refractivity contribution in [2.75, 3.05) is 6.54 Å². The molecule has 142 valence electrons. The molecule has 0 radical (unpaired) electrons. The SMILES string of the molecule is NS(=O)(=O)c1ccc(CCNC(=O)c2cccc3ncsc23)cc1.O=CO. The number of thiazole rings is 1.